The molecule has 4 heterocycles. The molecule has 2 amide bonds. The Kier molecular flexibility index (Phi) is 7.37. The minimum absolute atomic E-state index is 0.0772. The summed E-state index contributed by atoms with van der Waals surface area (Å²) in [6.07, 6.45) is 0.556. The van der Waals surface area contributed by atoms with Gasteiger partial charge in [0.15, 0.2) is 34.9 Å². The van der Waals surface area contributed by atoms with Crippen LogP contribution in [-0.2, 0) is 25.6 Å². The highest BCUT2D eigenvalue weighted by molar-refractivity contribution is 5.96. The predicted molar refractivity (Wildman–Crippen MR) is 144 cm³/mol. The number of hydrogen-bond acceptors (Lipinski definition) is 9. The van der Waals surface area contributed by atoms with E-state index in [4.69, 9.17) is 18.9 Å². The molecular formula is C28H25FN6O7. The zero-order chi connectivity index (χ0) is 29.2. The van der Waals surface area contributed by atoms with Crippen molar-refractivity contribution in [3.8, 4) is 0 Å². The number of carbonyl (C=O) groups is 2. The molecule has 1 fully saturated rings. The molecule has 216 valence electrons. The molecule has 1 unspecified atom stereocenters. The Bertz CT molecular complexity index is 1680. The number of nitrogens with zero attached hydrogens (tertiary/aromatic N) is 4. The van der Waals surface area contributed by atoms with Crippen molar-refractivity contribution in [1.29, 1.82) is 0 Å². The van der Waals surface area contributed by atoms with Gasteiger partial charge in [0, 0.05) is 17.7 Å². The standard InChI is InChI=1S/C28H25FN6O7/c1-2-30-28(38)34-23-20-24(32-13-31-23)35(14-33-20)25-22-21(41-27(42-22)15-7-4-3-5-8-15)19(40-25)12-39-11-17-16(26(36)37)9-6-10-18(17)29/h3-10,13-14,19,21,27H,2,11-12H2,1H3,(H,36,37)(H2,30,31,32,34,38)/t19-,21+,27?/m0/s1. The van der Waals surface area contributed by atoms with E-state index in [1.54, 1.807) is 11.5 Å². The molecule has 0 aliphatic carbocycles. The topological polar surface area (TPSA) is 159 Å². The van der Waals surface area contributed by atoms with Gasteiger partial charge in [-0.2, -0.15) is 0 Å². The number of amides is 2. The lowest BCUT2D eigenvalue weighted by atomic mass is 10.1. The second-order valence-corrected chi connectivity index (χ2v) is 9.32. The maximum atomic E-state index is 14.4. The lowest BCUT2D eigenvalue weighted by Gasteiger charge is -2.19. The van der Waals surface area contributed by atoms with Crippen LogP contribution in [0.2, 0.25) is 0 Å². The summed E-state index contributed by atoms with van der Waals surface area (Å²) < 4.78 is 40.4. The summed E-state index contributed by atoms with van der Waals surface area (Å²) in [6.45, 7) is 1.84. The fourth-order valence-corrected chi connectivity index (χ4v) is 4.72. The molecule has 2 aromatic carbocycles. The van der Waals surface area contributed by atoms with E-state index in [-0.39, 0.29) is 36.0 Å². The van der Waals surface area contributed by atoms with Crippen molar-refractivity contribution in [2.45, 2.75) is 32.0 Å². The number of hydrogen-bond donors (Lipinski definition) is 3. The first kappa shape index (κ1) is 27.1. The quantitative estimate of drug-likeness (QED) is 0.268. The number of rotatable bonds is 9. The molecule has 3 atom stereocenters. The van der Waals surface area contributed by atoms with Gasteiger partial charge in [0.25, 0.3) is 0 Å². The van der Waals surface area contributed by atoms with Crippen molar-refractivity contribution in [3.63, 3.8) is 0 Å². The molecule has 2 aromatic heterocycles. The lowest BCUT2D eigenvalue weighted by Crippen LogP contribution is -2.29. The number of aromatic carboxylic acids is 1. The number of carboxylic acids is 1. The summed E-state index contributed by atoms with van der Waals surface area (Å²) >= 11 is 0. The van der Waals surface area contributed by atoms with E-state index in [1.807, 2.05) is 30.3 Å². The van der Waals surface area contributed by atoms with Gasteiger partial charge in [0.05, 0.1) is 18.8 Å². The van der Waals surface area contributed by atoms with Gasteiger partial charge in [-0.25, -0.2) is 33.5 Å². The molecule has 42 heavy (non-hydrogen) atoms. The average molecular weight is 577 g/mol. The molecular weight excluding hydrogens is 551 g/mol. The van der Waals surface area contributed by atoms with Crippen molar-refractivity contribution in [2.75, 3.05) is 18.5 Å². The fourth-order valence-electron chi connectivity index (χ4n) is 4.72. The molecule has 14 heteroatoms. The van der Waals surface area contributed by atoms with Crippen molar-refractivity contribution < 1.29 is 38.0 Å². The third kappa shape index (κ3) is 5.08. The number of anilines is 1. The SMILES string of the molecule is CCNC(=O)Nc1ncnc2c1ncn2C1=C2OC(c3ccccc3)O[C@@H]2[C@H](COCc2c(F)cccc2C(=O)O)O1. The number of fused-ring (bicyclic) bond motifs is 2. The van der Waals surface area contributed by atoms with Crippen LogP contribution < -0.4 is 10.6 Å². The first-order chi connectivity index (χ1) is 20.4. The number of carboxylic acid groups (broad SMARTS) is 1. The van der Waals surface area contributed by atoms with E-state index in [1.165, 1.54) is 30.9 Å². The first-order valence-electron chi connectivity index (χ1n) is 13.0. The number of benzene rings is 2. The molecule has 3 N–H and O–H groups in total. The van der Waals surface area contributed by atoms with Crippen LogP contribution >= 0.6 is 0 Å². The molecule has 4 aromatic rings. The summed E-state index contributed by atoms with van der Waals surface area (Å²) in [5, 5.41) is 14.7. The number of imidazole rings is 1. The second kappa shape index (κ2) is 11.4. The Morgan fingerprint density at radius 2 is 1.93 bits per heavy atom. The van der Waals surface area contributed by atoms with E-state index in [0.717, 1.165) is 5.56 Å². The molecule has 0 spiro atoms. The second-order valence-electron chi connectivity index (χ2n) is 9.32. The van der Waals surface area contributed by atoms with Gasteiger partial charge < -0.3 is 29.4 Å². The third-order valence-corrected chi connectivity index (χ3v) is 6.65. The van der Waals surface area contributed by atoms with Gasteiger partial charge in [-0.15, -0.1) is 0 Å². The van der Waals surface area contributed by atoms with E-state index in [0.29, 0.717) is 23.5 Å². The molecule has 0 saturated carbocycles. The van der Waals surface area contributed by atoms with E-state index < -0.39 is 36.3 Å². The molecule has 6 rings (SSSR count). The van der Waals surface area contributed by atoms with Gasteiger partial charge >= 0.3 is 12.0 Å². The summed E-state index contributed by atoms with van der Waals surface area (Å²) in [5.74, 6) is -1.13. The van der Waals surface area contributed by atoms with Crippen LogP contribution in [0.1, 0.15) is 34.7 Å². The number of aromatic nitrogens is 4. The van der Waals surface area contributed by atoms with Crippen molar-refractivity contribution in [2.24, 2.45) is 0 Å². The highest BCUT2D eigenvalue weighted by Gasteiger charge is 2.48. The summed E-state index contributed by atoms with van der Waals surface area (Å²) in [5.41, 5.74) is 1.17. The van der Waals surface area contributed by atoms with Gasteiger partial charge in [-0.1, -0.05) is 36.4 Å². The number of nitrogens with one attached hydrogen (secondary N) is 2. The average Bonchev–Trinajstić information content (AvgIpc) is 3.69. The Morgan fingerprint density at radius 1 is 1.10 bits per heavy atom. The van der Waals surface area contributed by atoms with Crippen LogP contribution in [-0.4, -0.2) is 62.0 Å². The van der Waals surface area contributed by atoms with Crippen molar-refractivity contribution in [3.05, 3.63) is 89.5 Å². The monoisotopic (exact) mass is 576 g/mol. The Balaban J connectivity index is 1.29. The van der Waals surface area contributed by atoms with Crippen LogP contribution in [0.25, 0.3) is 17.0 Å². The van der Waals surface area contributed by atoms with E-state index in [9.17, 15) is 19.1 Å². The smallest absolute Gasteiger partial charge is 0.336 e. The van der Waals surface area contributed by atoms with E-state index in [2.05, 4.69) is 25.6 Å². The minimum Gasteiger partial charge on any atom is -0.478 e. The molecule has 0 bridgehead atoms. The molecule has 13 nitrogen and oxygen atoms in total. The molecule has 2 aliphatic rings. The Morgan fingerprint density at radius 3 is 2.71 bits per heavy atom. The highest BCUT2D eigenvalue weighted by Crippen LogP contribution is 2.44. The summed E-state index contributed by atoms with van der Waals surface area (Å²) in [4.78, 5) is 36.5. The van der Waals surface area contributed by atoms with Crippen LogP contribution in [0.4, 0.5) is 15.0 Å². The third-order valence-electron chi connectivity index (χ3n) is 6.65. The van der Waals surface area contributed by atoms with Crippen LogP contribution in [0, 0.1) is 5.82 Å². The maximum absolute atomic E-state index is 14.4. The summed E-state index contributed by atoms with van der Waals surface area (Å²) in [7, 11) is 0. The first-order valence-corrected chi connectivity index (χ1v) is 13.0. The van der Waals surface area contributed by atoms with Gasteiger partial charge in [-0.05, 0) is 19.1 Å². The molecule has 0 radical (unpaired) electrons. The van der Waals surface area contributed by atoms with Crippen molar-refractivity contribution >= 4 is 34.9 Å². The van der Waals surface area contributed by atoms with Gasteiger partial charge in [0.1, 0.15) is 18.5 Å². The lowest BCUT2D eigenvalue weighted by molar-refractivity contribution is -0.0998. The normalized spacial score (nSPS) is 19.3. The maximum Gasteiger partial charge on any atom is 0.336 e. The predicted octanol–water partition coefficient (Wildman–Crippen LogP) is 3.66. The van der Waals surface area contributed by atoms with E-state index >= 15 is 0 Å². The largest absolute Gasteiger partial charge is 0.478 e. The molecule has 2 aliphatic heterocycles. The number of carbonyl (C=O) groups excluding carboxylic acids is 1. The van der Waals surface area contributed by atoms with Gasteiger partial charge in [0.2, 0.25) is 12.2 Å². The van der Waals surface area contributed by atoms with Crippen LogP contribution in [0.15, 0.2) is 66.9 Å². The number of halogens is 1. The fraction of sp³-hybridized carbons (Fsp3) is 0.250. The van der Waals surface area contributed by atoms with Gasteiger partial charge in [-0.3, -0.25) is 5.32 Å². The Hall–Kier alpha value is -5.08. The van der Waals surface area contributed by atoms with Crippen LogP contribution in [0.3, 0.4) is 0 Å². The number of ether oxygens (including phenoxy) is 4. The minimum atomic E-state index is -1.26. The zero-order valence-corrected chi connectivity index (χ0v) is 22.2. The number of urea groups is 1. The zero-order valence-electron chi connectivity index (χ0n) is 22.2. The highest BCUT2D eigenvalue weighted by atomic mass is 19.1. The summed E-state index contributed by atoms with van der Waals surface area (Å²) in [6, 6.07) is 12.7. The Labute approximate surface area is 237 Å². The molecule has 1 saturated heterocycles. The van der Waals surface area contributed by atoms with Crippen LogP contribution in [0.5, 0.6) is 0 Å². The van der Waals surface area contributed by atoms with Crippen molar-refractivity contribution in [1.82, 2.24) is 24.8 Å².